The number of nitrogens with zero attached hydrogens (tertiary/aromatic N) is 4. The van der Waals surface area contributed by atoms with E-state index >= 15 is 0 Å². The SMILES string of the molecule is Nc1ccc2ncnc(NCCc3cccc(OCc4ncccn4)c3)c2c1. The highest BCUT2D eigenvalue weighted by atomic mass is 16.5. The molecule has 0 unspecified atom stereocenters. The summed E-state index contributed by atoms with van der Waals surface area (Å²) in [6.45, 7) is 1.07. The van der Waals surface area contributed by atoms with Crippen LogP contribution in [0.5, 0.6) is 5.75 Å². The number of fused-ring (bicyclic) bond motifs is 1. The molecule has 0 saturated carbocycles. The van der Waals surface area contributed by atoms with Crippen molar-refractivity contribution >= 4 is 22.4 Å². The predicted octanol–water partition coefficient (Wildman–Crippen LogP) is 3.24. The number of anilines is 2. The standard InChI is InChI=1S/C21H20N6O/c22-16-5-6-19-18(12-16)21(27-14-26-19)25-10-7-15-3-1-4-17(11-15)28-13-20-23-8-2-9-24-20/h1-6,8-9,11-12,14H,7,10,13,22H2,(H,25,26,27). The van der Waals surface area contributed by atoms with E-state index in [1.165, 1.54) is 0 Å². The second-order valence-electron chi connectivity index (χ2n) is 6.28. The minimum absolute atomic E-state index is 0.344. The fourth-order valence-corrected chi connectivity index (χ4v) is 2.88. The Kier molecular flexibility index (Phi) is 5.24. The quantitative estimate of drug-likeness (QED) is 0.481. The van der Waals surface area contributed by atoms with E-state index in [1.807, 2.05) is 36.4 Å². The lowest BCUT2D eigenvalue weighted by Gasteiger charge is -2.10. The van der Waals surface area contributed by atoms with Crippen LogP contribution in [-0.2, 0) is 13.0 Å². The fourth-order valence-electron chi connectivity index (χ4n) is 2.88. The van der Waals surface area contributed by atoms with Crippen LogP contribution in [0.4, 0.5) is 11.5 Å². The van der Waals surface area contributed by atoms with Crippen molar-refractivity contribution in [1.29, 1.82) is 0 Å². The van der Waals surface area contributed by atoms with Crippen molar-refractivity contribution in [2.45, 2.75) is 13.0 Å². The number of nitrogens with two attached hydrogens (primary N) is 1. The highest BCUT2D eigenvalue weighted by Crippen LogP contribution is 2.22. The van der Waals surface area contributed by atoms with E-state index in [1.54, 1.807) is 24.8 Å². The van der Waals surface area contributed by atoms with Crippen LogP contribution in [0.2, 0.25) is 0 Å². The molecule has 0 aliphatic rings. The van der Waals surface area contributed by atoms with E-state index in [-0.39, 0.29) is 0 Å². The van der Waals surface area contributed by atoms with Gasteiger partial charge < -0.3 is 15.8 Å². The molecule has 0 fully saturated rings. The number of rotatable bonds is 7. The van der Waals surface area contributed by atoms with Gasteiger partial charge in [-0.05, 0) is 48.4 Å². The molecular weight excluding hydrogens is 352 g/mol. The summed E-state index contributed by atoms with van der Waals surface area (Å²) < 4.78 is 5.79. The van der Waals surface area contributed by atoms with E-state index < -0.39 is 0 Å². The third-order valence-corrected chi connectivity index (χ3v) is 4.25. The molecule has 0 saturated heterocycles. The molecule has 7 heteroatoms. The van der Waals surface area contributed by atoms with Crippen molar-refractivity contribution in [3.63, 3.8) is 0 Å². The van der Waals surface area contributed by atoms with Gasteiger partial charge in [-0.1, -0.05) is 12.1 Å². The van der Waals surface area contributed by atoms with Gasteiger partial charge in [0.25, 0.3) is 0 Å². The van der Waals surface area contributed by atoms with Crippen LogP contribution in [-0.4, -0.2) is 26.5 Å². The van der Waals surface area contributed by atoms with E-state index in [9.17, 15) is 0 Å². The van der Waals surface area contributed by atoms with Crippen LogP contribution in [0.15, 0.2) is 67.3 Å². The highest BCUT2D eigenvalue weighted by molar-refractivity contribution is 5.91. The van der Waals surface area contributed by atoms with Gasteiger partial charge in [0, 0.05) is 30.0 Å². The number of aromatic nitrogens is 4. The van der Waals surface area contributed by atoms with E-state index in [2.05, 4.69) is 31.3 Å². The topological polar surface area (TPSA) is 98.8 Å². The Morgan fingerprint density at radius 2 is 1.82 bits per heavy atom. The average Bonchev–Trinajstić information content (AvgIpc) is 2.74. The Labute approximate surface area is 162 Å². The van der Waals surface area contributed by atoms with Gasteiger partial charge in [-0.3, -0.25) is 0 Å². The van der Waals surface area contributed by atoms with Crippen LogP contribution in [0.1, 0.15) is 11.4 Å². The molecule has 4 rings (SSSR count). The predicted molar refractivity (Wildman–Crippen MR) is 109 cm³/mol. The smallest absolute Gasteiger partial charge is 0.166 e. The van der Waals surface area contributed by atoms with E-state index in [0.29, 0.717) is 18.1 Å². The van der Waals surface area contributed by atoms with Gasteiger partial charge in [0.1, 0.15) is 24.5 Å². The summed E-state index contributed by atoms with van der Waals surface area (Å²) in [4.78, 5) is 16.9. The highest BCUT2D eigenvalue weighted by Gasteiger charge is 2.05. The molecule has 4 aromatic rings. The molecule has 0 aliphatic carbocycles. The Hall–Kier alpha value is -3.74. The maximum Gasteiger partial charge on any atom is 0.166 e. The summed E-state index contributed by atoms with van der Waals surface area (Å²) in [5.41, 5.74) is 8.62. The van der Waals surface area contributed by atoms with Crippen LogP contribution < -0.4 is 15.8 Å². The van der Waals surface area contributed by atoms with E-state index in [4.69, 9.17) is 10.5 Å². The number of benzene rings is 2. The normalized spacial score (nSPS) is 10.7. The van der Waals surface area contributed by atoms with Crippen molar-refractivity contribution in [2.24, 2.45) is 0 Å². The van der Waals surface area contributed by atoms with Crippen LogP contribution >= 0.6 is 0 Å². The van der Waals surface area contributed by atoms with Gasteiger partial charge in [-0.25, -0.2) is 19.9 Å². The van der Waals surface area contributed by atoms with Crippen LogP contribution in [0.25, 0.3) is 10.9 Å². The van der Waals surface area contributed by atoms with Crippen molar-refractivity contribution in [2.75, 3.05) is 17.6 Å². The number of nitrogens with one attached hydrogen (secondary N) is 1. The fraction of sp³-hybridized carbons (Fsp3) is 0.143. The van der Waals surface area contributed by atoms with Gasteiger partial charge in [0.15, 0.2) is 5.82 Å². The molecule has 0 atom stereocenters. The van der Waals surface area contributed by atoms with Crippen LogP contribution in [0.3, 0.4) is 0 Å². The third kappa shape index (κ3) is 4.32. The molecule has 0 amide bonds. The molecule has 2 heterocycles. The summed E-state index contributed by atoms with van der Waals surface area (Å²) in [5.74, 6) is 2.24. The van der Waals surface area contributed by atoms with Gasteiger partial charge in [0.2, 0.25) is 0 Å². The number of nitrogen functional groups attached to an aromatic ring is 1. The molecular formula is C21H20N6O. The maximum absolute atomic E-state index is 5.89. The van der Waals surface area contributed by atoms with Crippen molar-refractivity contribution < 1.29 is 4.74 Å². The van der Waals surface area contributed by atoms with E-state index in [0.717, 1.165) is 41.0 Å². The van der Waals surface area contributed by atoms with Gasteiger partial charge in [-0.15, -0.1) is 0 Å². The first-order chi connectivity index (χ1) is 13.8. The molecule has 140 valence electrons. The van der Waals surface area contributed by atoms with Crippen molar-refractivity contribution in [1.82, 2.24) is 19.9 Å². The monoisotopic (exact) mass is 372 g/mol. The average molecular weight is 372 g/mol. The van der Waals surface area contributed by atoms with Crippen LogP contribution in [0, 0.1) is 0 Å². The Morgan fingerprint density at radius 1 is 0.929 bits per heavy atom. The van der Waals surface area contributed by atoms with Crippen molar-refractivity contribution in [3.05, 3.63) is 78.6 Å². The largest absolute Gasteiger partial charge is 0.486 e. The Morgan fingerprint density at radius 3 is 2.71 bits per heavy atom. The molecule has 3 N–H and O–H groups in total. The molecule has 0 radical (unpaired) electrons. The Balaban J connectivity index is 1.37. The molecule has 28 heavy (non-hydrogen) atoms. The first kappa shape index (κ1) is 17.7. The molecule has 2 aromatic carbocycles. The lowest BCUT2D eigenvalue weighted by molar-refractivity contribution is 0.295. The van der Waals surface area contributed by atoms with Gasteiger partial charge in [0.05, 0.1) is 5.52 Å². The lowest BCUT2D eigenvalue weighted by Crippen LogP contribution is -2.07. The second kappa shape index (κ2) is 8.30. The summed E-state index contributed by atoms with van der Waals surface area (Å²) in [7, 11) is 0. The minimum Gasteiger partial charge on any atom is -0.486 e. The molecule has 0 aliphatic heterocycles. The molecule has 0 bridgehead atoms. The Bertz CT molecular complexity index is 1070. The molecule has 0 spiro atoms. The van der Waals surface area contributed by atoms with Gasteiger partial charge >= 0.3 is 0 Å². The zero-order chi connectivity index (χ0) is 19.2. The molecule has 2 aromatic heterocycles. The second-order valence-corrected chi connectivity index (χ2v) is 6.28. The zero-order valence-corrected chi connectivity index (χ0v) is 15.2. The summed E-state index contributed by atoms with van der Waals surface area (Å²) in [5, 5.41) is 4.29. The summed E-state index contributed by atoms with van der Waals surface area (Å²) in [6, 6.07) is 15.4. The number of hydrogen-bond acceptors (Lipinski definition) is 7. The number of ether oxygens (including phenoxy) is 1. The summed E-state index contributed by atoms with van der Waals surface area (Å²) >= 11 is 0. The minimum atomic E-state index is 0.344. The third-order valence-electron chi connectivity index (χ3n) is 4.25. The van der Waals surface area contributed by atoms with Crippen molar-refractivity contribution in [3.8, 4) is 5.75 Å². The van der Waals surface area contributed by atoms with Gasteiger partial charge in [-0.2, -0.15) is 0 Å². The maximum atomic E-state index is 5.89. The molecule has 7 nitrogen and oxygen atoms in total. The first-order valence-corrected chi connectivity index (χ1v) is 9.00. The zero-order valence-electron chi connectivity index (χ0n) is 15.2. The number of hydrogen-bond donors (Lipinski definition) is 2. The summed E-state index contributed by atoms with van der Waals surface area (Å²) in [6.07, 6.45) is 5.80. The lowest BCUT2D eigenvalue weighted by atomic mass is 10.1. The first-order valence-electron chi connectivity index (χ1n) is 9.00.